The minimum absolute atomic E-state index is 0.152. The second-order valence-corrected chi connectivity index (χ2v) is 9.59. The molecular formula is C31H25N5O7. The molecule has 2 aromatic heterocycles. The van der Waals surface area contributed by atoms with Crippen molar-refractivity contribution in [3.8, 4) is 0 Å². The molecule has 1 saturated heterocycles. The Bertz CT molecular complexity index is 1750. The highest BCUT2D eigenvalue weighted by Crippen LogP contribution is 2.37. The highest BCUT2D eigenvalue weighted by atomic mass is 16.6. The number of esters is 2. The van der Waals surface area contributed by atoms with Crippen molar-refractivity contribution in [3.63, 3.8) is 0 Å². The first kappa shape index (κ1) is 27.7. The zero-order valence-corrected chi connectivity index (χ0v) is 22.5. The van der Waals surface area contributed by atoms with Gasteiger partial charge in [-0.3, -0.25) is 9.36 Å². The first-order valence-electron chi connectivity index (χ1n) is 13.4. The summed E-state index contributed by atoms with van der Waals surface area (Å²) in [4.78, 5) is 52.0. The smallest absolute Gasteiger partial charge is 0.338 e. The monoisotopic (exact) mass is 579 g/mol. The lowest BCUT2D eigenvalue weighted by atomic mass is 10.1. The number of ether oxygens (including phenoxy) is 3. The number of aromatic nitrogens is 4. The van der Waals surface area contributed by atoms with E-state index < -0.39 is 49.0 Å². The van der Waals surface area contributed by atoms with Crippen molar-refractivity contribution >= 4 is 34.8 Å². The largest absolute Gasteiger partial charge is 0.452 e. The molecule has 5 aromatic rings. The number of rotatable bonds is 8. The predicted molar refractivity (Wildman–Crippen MR) is 152 cm³/mol. The van der Waals surface area contributed by atoms with E-state index >= 15 is 0 Å². The predicted octanol–water partition coefficient (Wildman–Crippen LogP) is 3.42. The van der Waals surface area contributed by atoms with E-state index in [2.05, 4.69) is 20.3 Å². The Morgan fingerprint density at radius 3 is 1.91 bits per heavy atom. The highest BCUT2D eigenvalue weighted by Gasteiger charge is 2.51. The Kier molecular flexibility index (Phi) is 7.85. The number of imidazole rings is 1. The number of aliphatic hydroxyl groups excluding tert-OH is 1. The fraction of sp³-hybridized carbons (Fsp3) is 0.161. The Morgan fingerprint density at radius 1 is 0.767 bits per heavy atom. The van der Waals surface area contributed by atoms with Crippen LogP contribution in [-0.2, 0) is 14.2 Å². The second kappa shape index (κ2) is 12.2. The van der Waals surface area contributed by atoms with E-state index in [1.807, 2.05) is 0 Å². The normalized spacial score (nSPS) is 19.6. The van der Waals surface area contributed by atoms with Crippen LogP contribution >= 0.6 is 0 Å². The van der Waals surface area contributed by atoms with Gasteiger partial charge in [0.2, 0.25) is 0 Å². The summed E-state index contributed by atoms with van der Waals surface area (Å²) in [7, 11) is 0. The third-order valence-corrected chi connectivity index (χ3v) is 6.87. The van der Waals surface area contributed by atoms with Crippen LogP contribution in [0, 0.1) is 0 Å². The molecule has 1 amide bonds. The molecule has 216 valence electrons. The van der Waals surface area contributed by atoms with Crippen molar-refractivity contribution in [2.24, 2.45) is 0 Å². The van der Waals surface area contributed by atoms with Crippen molar-refractivity contribution in [2.45, 2.75) is 24.5 Å². The molecule has 3 aromatic carbocycles. The number of carbonyl (C=O) groups is 3. The standard InChI is InChI=1S/C31H25N5O7/c37-16-22-24(42-30(39)20-12-6-2-7-13-20)25(43-31(40)21-14-8-3-9-15-21)29(41-22)36-18-34-23-26(32-17-33-27(23)36)35-28(38)19-10-4-1-5-11-19/h1-15,17-18,22,24-25,29,37H,16H2,(H,32,33,35,38)/t22-,24-,25-,29-/m1/s1. The van der Waals surface area contributed by atoms with Crippen molar-refractivity contribution in [1.29, 1.82) is 0 Å². The van der Waals surface area contributed by atoms with Crippen LogP contribution in [0.25, 0.3) is 11.2 Å². The lowest BCUT2D eigenvalue weighted by Crippen LogP contribution is -2.40. The van der Waals surface area contributed by atoms with Crippen LogP contribution in [0.3, 0.4) is 0 Å². The average Bonchev–Trinajstić information content (AvgIpc) is 3.64. The molecule has 1 aliphatic heterocycles. The lowest BCUT2D eigenvalue weighted by Gasteiger charge is -2.24. The van der Waals surface area contributed by atoms with Gasteiger partial charge in [-0.2, -0.15) is 0 Å². The van der Waals surface area contributed by atoms with E-state index in [0.717, 1.165) is 0 Å². The first-order valence-corrected chi connectivity index (χ1v) is 13.4. The van der Waals surface area contributed by atoms with Gasteiger partial charge in [0.1, 0.15) is 12.4 Å². The van der Waals surface area contributed by atoms with Gasteiger partial charge in [-0.1, -0.05) is 54.6 Å². The zero-order valence-electron chi connectivity index (χ0n) is 22.5. The van der Waals surface area contributed by atoms with Crippen molar-refractivity contribution in [2.75, 3.05) is 11.9 Å². The summed E-state index contributed by atoms with van der Waals surface area (Å²) in [5.41, 5.74) is 1.46. The number of anilines is 1. The van der Waals surface area contributed by atoms with Crippen LogP contribution in [0.15, 0.2) is 104 Å². The second-order valence-electron chi connectivity index (χ2n) is 9.59. The molecule has 1 fully saturated rings. The third-order valence-electron chi connectivity index (χ3n) is 6.87. The van der Waals surface area contributed by atoms with Crippen LogP contribution < -0.4 is 5.32 Å². The molecule has 0 spiro atoms. The molecule has 0 bridgehead atoms. The molecule has 0 radical (unpaired) electrons. The number of benzene rings is 3. The highest BCUT2D eigenvalue weighted by molar-refractivity contribution is 6.06. The number of hydrogen-bond acceptors (Lipinski definition) is 10. The molecule has 12 nitrogen and oxygen atoms in total. The van der Waals surface area contributed by atoms with E-state index in [9.17, 15) is 19.5 Å². The fourth-order valence-corrected chi connectivity index (χ4v) is 4.78. The van der Waals surface area contributed by atoms with Crippen LogP contribution in [0.5, 0.6) is 0 Å². The van der Waals surface area contributed by atoms with E-state index in [1.54, 1.807) is 91.0 Å². The van der Waals surface area contributed by atoms with Crippen molar-refractivity contribution < 1.29 is 33.7 Å². The number of carbonyl (C=O) groups excluding carboxylic acids is 3. The van der Waals surface area contributed by atoms with E-state index in [4.69, 9.17) is 14.2 Å². The van der Waals surface area contributed by atoms with Gasteiger partial charge in [-0.25, -0.2) is 24.5 Å². The van der Waals surface area contributed by atoms with E-state index in [-0.39, 0.29) is 28.1 Å². The minimum atomic E-state index is -1.22. The summed E-state index contributed by atoms with van der Waals surface area (Å²) in [5.74, 6) is -1.61. The maximum atomic E-state index is 13.2. The van der Waals surface area contributed by atoms with Gasteiger partial charge >= 0.3 is 11.9 Å². The van der Waals surface area contributed by atoms with Crippen LogP contribution in [0.4, 0.5) is 5.82 Å². The van der Waals surface area contributed by atoms with Crippen LogP contribution in [0.2, 0.25) is 0 Å². The average molecular weight is 580 g/mol. The molecular weight excluding hydrogens is 554 g/mol. The summed E-state index contributed by atoms with van der Waals surface area (Å²) in [6.45, 7) is -0.539. The van der Waals surface area contributed by atoms with Gasteiger partial charge in [-0.15, -0.1) is 0 Å². The topological polar surface area (TPSA) is 155 Å². The Labute approximate surface area is 244 Å². The number of nitrogens with one attached hydrogen (secondary N) is 1. The quantitative estimate of drug-likeness (QED) is 0.261. The molecule has 3 heterocycles. The summed E-state index contributed by atoms with van der Waals surface area (Å²) in [6.07, 6.45) is -1.93. The molecule has 4 atom stereocenters. The van der Waals surface area contributed by atoms with Gasteiger partial charge in [-0.05, 0) is 36.4 Å². The van der Waals surface area contributed by atoms with Gasteiger partial charge < -0.3 is 24.6 Å². The maximum absolute atomic E-state index is 13.2. The molecule has 6 rings (SSSR count). The van der Waals surface area contributed by atoms with Gasteiger partial charge in [0.25, 0.3) is 5.91 Å². The van der Waals surface area contributed by atoms with Gasteiger partial charge in [0.15, 0.2) is 35.4 Å². The third kappa shape index (κ3) is 5.69. The summed E-state index contributed by atoms with van der Waals surface area (Å²) in [6, 6.07) is 25.2. The minimum Gasteiger partial charge on any atom is -0.452 e. The van der Waals surface area contributed by atoms with E-state index in [0.29, 0.717) is 5.56 Å². The van der Waals surface area contributed by atoms with Gasteiger partial charge in [0.05, 0.1) is 24.1 Å². The Balaban J connectivity index is 1.35. The number of amides is 1. The molecule has 2 N–H and O–H groups in total. The van der Waals surface area contributed by atoms with E-state index in [1.165, 1.54) is 17.2 Å². The first-order chi connectivity index (χ1) is 21.0. The van der Waals surface area contributed by atoms with Crippen LogP contribution in [0.1, 0.15) is 37.3 Å². The summed E-state index contributed by atoms with van der Waals surface area (Å²) in [5, 5.41) is 13.0. The molecule has 0 unspecified atom stereocenters. The Morgan fingerprint density at radius 2 is 1.33 bits per heavy atom. The molecule has 12 heteroatoms. The Hall–Kier alpha value is -5.46. The fourth-order valence-electron chi connectivity index (χ4n) is 4.78. The summed E-state index contributed by atoms with van der Waals surface area (Å²) >= 11 is 0. The maximum Gasteiger partial charge on any atom is 0.338 e. The molecule has 0 saturated carbocycles. The number of hydrogen-bond donors (Lipinski definition) is 2. The lowest BCUT2D eigenvalue weighted by molar-refractivity contribution is -0.0566. The summed E-state index contributed by atoms with van der Waals surface area (Å²) < 4.78 is 19.3. The number of fused-ring (bicyclic) bond motifs is 1. The molecule has 43 heavy (non-hydrogen) atoms. The zero-order chi connectivity index (χ0) is 29.8. The van der Waals surface area contributed by atoms with Crippen LogP contribution in [-0.4, -0.2) is 67.4 Å². The van der Waals surface area contributed by atoms with Gasteiger partial charge in [0, 0.05) is 5.56 Å². The van der Waals surface area contributed by atoms with Crippen molar-refractivity contribution in [1.82, 2.24) is 19.5 Å². The van der Waals surface area contributed by atoms with Crippen molar-refractivity contribution in [3.05, 3.63) is 120 Å². The number of nitrogens with zero attached hydrogens (tertiary/aromatic N) is 4. The molecule has 0 aliphatic carbocycles. The molecule has 1 aliphatic rings. The SMILES string of the molecule is O=C(Nc1ncnc2c1ncn2[C@@H]1O[C@H](CO)[C@@H](OC(=O)c2ccccc2)[C@H]1OC(=O)c1ccccc1)c1ccccc1. The number of aliphatic hydroxyl groups is 1.